The fraction of sp³-hybridized carbons (Fsp3) is 0.0625. The van der Waals surface area contributed by atoms with Crippen molar-refractivity contribution in [3.8, 4) is 11.3 Å². The van der Waals surface area contributed by atoms with E-state index in [1.165, 1.54) is 6.08 Å². The molecule has 25 heavy (non-hydrogen) atoms. The van der Waals surface area contributed by atoms with Gasteiger partial charge < -0.3 is 9.52 Å². The highest BCUT2D eigenvalue weighted by atomic mass is 35.5. The van der Waals surface area contributed by atoms with Gasteiger partial charge in [-0.1, -0.05) is 47.2 Å². The number of carbonyl (C=O) groups is 2. The molecule has 0 atom stereocenters. The molecule has 0 unspecified atom stereocenters. The maximum absolute atomic E-state index is 12.2. The predicted molar refractivity (Wildman–Crippen MR) is 102 cm³/mol. The summed E-state index contributed by atoms with van der Waals surface area (Å²) in [7, 11) is 0. The Morgan fingerprint density at radius 1 is 1.28 bits per heavy atom. The number of nitrogens with zero attached hydrogens (tertiary/aromatic N) is 1. The lowest BCUT2D eigenvalue weighted by Crippen LogP contribution is -2.33. The van der Waals surface area contributed by atoms with Crippen LogP contribution in [0, 0.1) is 0 Å². The molecule has 128 valence electrons. The topological polar surface area (TPSA) is 70.8 Å². The largest absolute Gasteiger partial charge is 0.480 e. The Hall–Kier alpha value is -1.80. The first kappa shape index (κ1) is 18.0. The number of furan rings is 1. The van der Waals surface area contributed by atoms with Crippen LogP contribution in [0.25, 0.3) is 17.4 Å². The second kappa shape index (κ2) is 7.21. The Morgan fingerprint density at radius 2 is 1.96 bits per heavy atom. The van der Waals surface area contributed by atoms with Crippen LogP contribution in [0.2, 0.25) is 10.0 Å². The Morgan fingerprint density at radius 3 is 2.60 bits per heavy atom. The van der Waals surface area contributed by atoms with E-state index in [9.17, 15) is 9.59 Å². The van der Waals surface area contributed by atoms with Crippen molar-refractivity contribution in [3.05, 3.63) is 51.0 Å². The molecule has 5 nitrogen and oxygen atoms in total. The average Bonchev–Trinajstić information content (AvgIpc) is 3.07. The van der Waals surface area contributed by atoms with Gasteiger partial charge in [-0.15, -0.1) is 0 Å². The number of benzene rings is 1. The number of rotatable bonds is 4. The van der Waals surface area contributed by atoms with E-state index >= 15 is 0 Å². The van der Waals surface area contributed by atoms with Gasteiger partial charge in [0.05, 0.1) is 4.91 Å². The summed E-state index contributed by atoms with van der Waals surface area (Å²) < 4.78 is 5.91. The van der Waals surface area contributed by atoms with E-state index in [2.05, 4.69) is 0 Å². The van der Waals surface area contributed by atoms with Crippen LogP contribution < -0.4 is 0 Å². The molecule has 9 heteroatoms. The summed E-state index contributed by atoms with van der Waals surface area (Å²) in [5, 5.41) is 9.80. The Bertz CT molecular complexity index is 902. The molecule has 1 aliphatic heterocycles. The van der Waals surface area contributed by atoms with Crippen LogP contribution in [0.4, 0.5) is 0 Å². The summed E-state index contributed by atoms with van der Waals surface area (Å²) in [6, 6.07) is 8.45. The van der Waals surface area contributed by atoms with Crippen LogP contribution >= 0.6 is 47.2 Å². The van der Waals surface area contributed by atoms with Gasteiger partial charge in [0.25, 0.3) is 5.91 Å². The number of halogens is 2. The zero-order chi connectivity index (χ0) is 18.1. The highest BCUT2D eigenvalue weighted by Crippen LogP contribution is 2.34. The minimum atomic E-state index is -1.13. The van der Waals surface area contributed by atoms with E-state index in [0.717, 1.165) is 16.7 Å². The maximum atomic E-state index is 12.2. The number of thioether (sulfide) groups is 1. The van der Waals surface area contributed by atoms with Crippen molar-refractivity contribution in [1.29, 1.82) is 0 Å². The molecule has 0 spiro atoms. The molecule has 0 bridgehead atoms. The van der Waals surface area contributed by atoms with E-state index in [0.29, 0.717) is 32.0 Å². The number of carbonyl (C=O) groups excluding carboxylic acids is 1. The van der Waals surface area contributed by atoms with Crippen LogP contribution in [0.3, 0.4) is 0 Å². The number of amides is 1. The second-order valence-corrected chi connectivity index (χ2v) is 7.57. The van der Waals surface area contributed by atoms with Crippen LogP contribution in [0.5, 0.6) is 0 Å². The zero-order valence-electron chi connectivity index (χ0n) is 12.4. The van der Waals surface area contributed by atoms with Gasteiger partial charge in [-0.25, -0.2) is 0 Å². The number of thiocarbonyl (C=S) groups is 1. The minimum Gasteiger partial charge on any atom is -0.480 e. The lowest BCUT2D eigenvalue weighted by molar-refractivity contribution is -0.140. The fourth-order valence-corrected chi connectivity index (χ4v) is 3.94. The van der Waals surface area contributed by atoms with Crippen LogP contribution in [0.1, 0.15) is 5.76 Å². The average molecular weight is 414 g/mol. The molecule has 1 aromatic carbocycles. The Kier molecular flexibility index (Phi) is 5.19. The van der Waals surface area contributed by atoms with Crippen molar-refractivity contribution >= 4 is 69.5 Å². The first-order chi connectivity index (χ1) is 11.8. The van der Waals surface area contributed by atoms with Gasteiger partial charge in [-0.05, 0) is 30.3 Å². The first-order valence-electron chi connectivity index (χ1n) is 6.87. The van der Waals surface area contributed by atoms with E-state index in [-0.39, 0.29) is 4.32 Å². The Balaban J connectivity index is 1.86. The van der Waals surface area contributed by atoms with E-state index in [1.807, 2.05) is 0 Å². The molecule has 2 heterocycles. The molecule has 1 saturated heterocycles. The van der Waals surface area contributed by atoms with Crippen molar-refractivity contribution < 1.29 is 19.1 Å². The zero-order valence-corrected chi connectivity index (χ0v) is 15.5. The van der Waals surface area contributed by atoms with Crippen LogP contribution in [-0.2, 0) is 9.59 Å². The molecule has 1 aromatic heterocycles. The molecule has 1 aliphatic rings. The van der Waals surface area contributed by atoms with Gasteiger partial charge >= 0.3 is 5.97 Å². The smallest absolute Gasteiger partial charge is 0.323 e. The maximum Gasteiger partial charge on any atom is 0.323 e. The molecule has 1 amide bonds. The van der Waals surface area contributed by atoms with Gasteiger partial charge in [0, 0.05) is 21.7 Å². The van der Waals surface area contributed by atoms with Crippen molar-refractivity contribution in [2.45, 2.75) is 0 Å². The first-order valence-corrected chi connectivity index (χ1v) is 8.85. The quantitative estimate of drug-likeness (QED) is 0.585. The fourth-order valence-electron chi connectivity index (χ4n) is 2.18. The molecule has 1 N–H and O–H groups in total. The lowest BCUT2D eigenvalue weighted by Gasteiger charge is -2.09. The standard InChI is InChI=1S/C16H9Cl2NO4S2/c17-9-3-8(4-10(18)5-9)12-2-1-11(23-12)6-13-15(22)19(7-14(20)21)16(24)25-13/h1-6H,7H2,(H,20,21)/b13-6-. The molecule has 2 aromatic rings. The van der Waals surface area contributed by atoms with Gasteiger partial charge in [0.1, 0.15) is 22.4 Å². The summed E-state index contributed by atoms with van der Waals surface area (Å²) in [5.74, 6) is -0.615. The van der Waals surface area contributed by atoms with E-state index in [4.69, 9.17) is 44.9 Å². The summed E-state index contributed by atoms with van der Waals surface area (Å²) in [6.45, 7) is -0.466. The molecular weight excluding hydrogens is 405 g/mol. The molecular formula is C16H9Cl2NO4S2. The van der Waals surface area contributed by atoms with E-state index in [1.54, 1.807) is 30.3 Å². The van der Waals surface area contributed by atoms with Crippen LogP contribution in [0.15, 0.2) is 39.7 Å². The lowest BCUT2D eigenvalue weighted by atomic mass is 10.2. The minimum absolute atomic E-state index is 0.201. The van der Waals surface area contributed by atoms with Gasteiger partial charge in [0.2, 0.25) is 0 Å². The molecule has 1 fully saturated rings. The van der Waals surface area contributed by atoms with Gasteiger partial charge in [-0.3, -0.25) is 14.5 Å². The number of carboxylic acids is 1. The highest BCUT2D eigenvalue weighted by Gasteiger charge is 2.33. The Labute approximate surface area is 162 Å². The number of hydrogen-bond acceptors (Lipinski definition) is 5. The predicted octanol–water partition coefficient (Wildman–Crippen LogP) is 4.54. The van der Waals surface area contributed by atoms with Gasteiger partial charge in [-0.2, -0.15) is 0 Å². The third-order valence-corrected chi connectivity index (χ3v) is 5.03. The normalized spacial score (nSPS) is 16.1. The van der Waals surface area contributed by atoms with Gasteiger partial charge in [0.15, 0.2) is 0 Å². The molecule has 0 radical (unpaired) electrons. The highest BCUT2D eigenvalue weighted by molar-refractivity contribution is 8.26. The van der Waals surface area contributed by atoms with Crippen molar-refractivity contribution in [1.82, 2.24) is 4.90 Å². The summed E-state index contributed by atoms with van der Waals surface area (Å²) in [6.07, 6.45) is 1.52. The molecule has 0 saturated carbocycles. The monoisotopic (exact) mass is 413 g/mol. The summed E-state index contributed by atoms with van der Waals surface area (Å²) in [4.78, 5) is 24.4. The van der Waals surface area contributed by atoms with Crippen molar-refractivity contribution in [3.63, 3.8) is 0 Å². The summed E-state index contributed by atoms with van der Waals surface area (Å²) in [5.41, 5.74) is 0.704. The van der Waals surface area contributed by atoms with E-state index < -0.39 is 18.4 Å². The third kappa shape index (κ3) is 4.07. The SMILES string of the molecule is O=C(O)CN1C(=O)/C(=C/c2ccc(-c3cc(Cl)cc(Cl)c3)o2)SC1=S. The summed E-state index contributed by atoms with van der Waals surface area (Å²) >= 11 is 18.0. The van der Waals surface area contributed by atoms with Crippen molar-refractivity contribution in [2.24, 2.45) is 0 Å². The third-order valence-electron chi connectivity index (χ3n) is 3.21. The van der Waals surface area contributed by atoms with Crippen LogP contribution in [-0.4, -0.2) is 32.7 Å². The number of hydrogen-bond donors (Lipinski definition) is 1. The molecule has 0 aliphatic carbocycles. The second-order valence-electron chi connectivity index (χ2n) is 5.02. The number of carboxylic acid groups (broad SMARTS) is 1. The number of aliphatic carboxylic acids is 1. The van der Waals surface area contributed by atoms with Crippen molar-refractivity contribution in [2.75, 3.05) is 6.54 Å². The molecule has 3 rings (SSSR count).